The minimum atomic E-state index is -2.96. The van der Waals surface area contributed by atoms with Crippen molar-refractivity contribution in [1.82, 2.24) is 19.2 Å². The van der Waals surface area contributed by atoms with E-state index in [0.717, 1.165) is 30.0 Å². The van der Waals surface area contributed by atoms with Crippen LogP contribution in [0.15, 0.2) is 48.5 Å². The van der Waals surface area contributed by atoms with Crippen LogP contribution < -0.4 is 0 Å². The molecule has 8 heteroatoms. The zero-order valence-corrected chi connectivity index (χ0v) is 20.5. The summed E-state index contributed by atoms with van der Waals surface area (Å²) in [6.07, 6.45) is 1.60. The normalized spacial score (nSPS) is 17.8. The summed E-state index contributed by atoms with van der Waals surface area (Å²) in [6, 6.07) is 16.4. The molecule has 2 heterocycles. The van der Waals surface area contributed by atoms with E-state index in [0.29, 0.717) is 17.9 Å². The highest BCUT2D eigenvalue weighted by molar-refractivity contribution is 7.91. The van der Waals surface area contributed by atoms with E-state index < -0.39 is 9.84 Å². The summed E-state index contributed by atoms with van der Waals surface area (Å²) < 4.78 is 28.6. The lowest BCUT2D eigenvalue weighted by Gasteiger charge is -2.27. The van der Waals surface area contributed by atoms with Crippen molar-refractivity contribution in [2.24, 2.45) is 0 Å². The lowest BCUT2D eigenvalue weighted by molar-refractivity contribution is 0.155. The Bertz CT molecular complexity index is 1260. The summed E-state index contributed by atoms with van der Waals surface area (Å²) in [5, 5.41) is 4.92. The second-order valence-electron chi connectivity index (χ2n) is 8.59. The fourth-order valence-electron chi connectivity index (χ4n) is 4.26. The molecule has 0 saturated carbocycles. The van der Waals surface area contributed by atoms with Crippen molar-refractivity contribution in [1.29, 1.82) is 0 Å². The Morgan fingerprint density at radius 2 is 1.88 bits per heavy atom. The molecule has 1 aliphatic rings. The van der Waals surface area contributed by atoms with Gasteiger partial charge in [-0.1, -0.05) is 43.3 Å². The molecule has 1 aliphatic heterocycles. The van der Waals surface area contributed by atoms with Gasteiger partial charge in [0.25, 0.3) is 0 Å². The van der Waals surface area contributed by atoms with E-state index in [2.05, 4.69) is 43.9 Å². The molecule has 0 amide bonds. The molecule has 3 aromatic rings. The topological polar surface area (TPSA) is 60.1 Å². The minimum Gasteiger partial charge on any atom is -0.280 e. The molecule has 1 saturated heterocycles. The highest BCUT2D eigenvalue weighted by atomic mass is 32.2. The monoisotopic (exact) mass is 470 g/mol. The van der Waals surface area contributed by atoms with Crippen molar-refractivity contribution in [3.05, 3.63) is 64.4 Å². The van der Waals surface area contributed by atoms with E-state index in [1.165, 1.54) is 11.1 Å². The van der Waals surface area contributed by atoms with Crippen LogP contribution in [0.2, 0.25) is 0 Å². The van der Waals surface area contributed by atoms with E-state index in [1.54, 1.807) is 0 Å². The molecule has 4 rings (SSSR count). The van der Waals surface area contributed by atoms with Crippen molar-refractivity contribution >= 4 is 22.1 Å². The predicted octanol–water partition coefficient (Wildman–Crippen LogP) is 4.54. The average molecular weight is 471 g/mol. The summed E-state index contributed by atoms with van der Waals surface area (Å²) in [6.45, 7) is 7.58. The number of hydrogen-bond donors (Lipinski definition) is 0. The zero-order valence-electron chi connectivity index (χ0n) is 18.9. The van der Waals surface area contributed by atoms with Crippen LogP contribution in [0.1, 0.15) is 30.9 Å². The van der Waals surface area contributed by atoms with Gasteiger partial charge in [0.05, 0.1) is 23.9 Å². The number of benzene rings is 2. The summed E-state index contributed by atoms with van der Waals surface area (Å²) in [5.41, 5.74) is 4.39. The molecule has 1 fully saturated rings. The van der Waals surface area contributed by atoms with Crippen LogP contribution in [0.3, 0.4) is 0 Å². The van der Waals surface area contributed by atoms with Crippen LogP contribution in [-0.4, -0.2) is 51.8 Å². The third-order valence-corrected chi connectivity index (χ3v) is 8.31. The molecule has 0 aliphatic carbocycles. The Kier molecular flexibility index (Phi) is 6.65. The molecule has 32 heavy (non-hydrogen) atoms. The van der Waals surface area contributed by atoms with Crippen molar-refractivity contribution in [3.8, 4) is 17.1 Å². The number of aryl methyl sites for hydroxylation is 2. The highest BCUT2D eigenvalue weighted by Crippen LogP contribution is 2.25. The Balaban J connectivity index is 1.78. The van der Waals surface area contributed by atoms with Gasteiger partial charge in [0.1, 0.15) is 0 Å². The van der Waals surface area contributed by atoms with E-state index in [1.807, 2.05) is 39.6 Å². The molecule has 1 aromatic heterocycles. The maximum Gasteiger partial charge on any atom is 0.204 e. The molecule has 0 N–H and O–H groups in total. The van der Waals surface area contributed by atoms with Gasteiger partial charge in [0.15, 0.2) is 15.7 Å². The van der Waals surface area contributed by atoms with Crippen molar-refractivity contribution < 1.29 is 8.42 Å². The Morgan fingerprint density at radius 3 is 2.50 bits per heavy atom. The van der Waals surface area contributed by atoms with Gasteiger partial charge in [-0.3, -0.25) is 9.47 Å². The Labute approximate surface area is 195 Å². The van der Waals surface area contributed by atoms with Gasteiger partial charge in [-0.05, 0) is 68.7 Å². The zero-order chi connectivity index (χ0) is 22.9. The van der Waals surface area contributed by atoms with Gasteiger partial charge in [0.2, 0.25) is 4.77 Å². The van der Waals surface area contributed by atoms with Crippen LogP contribution in [0, 0.1) is 18.6 Å². The number of hydrogen-bond acceptors (Lipinski definition) is 5. The summed E-state index contributed by atoms with van der Waals surface area (Å²) in [5.74, 6) is 1.26. The average Bonchev–Trinajstić information content (AvgIpc) is 3.29. The summed E-state index contributed by atoms with van der Waals surface area (Å²) in [4.78, 5) is 2.22. The molecule has 0 spiro atoms. The van der Waals surface area contributed by atoms with Crippen LogP contribution in [-0.2, 0) is 16.5 Å². The lowest BCUT2D eigenvalue weighted by atomic mass is 10.1. The number of nitrogens with zero attached hydrogens (tertiary/aromatic N) is 4. The van der Waals surface area contributed by atoms with Gasteiger partial charge < -0.3 is 0 Å². The highest BCUT2D eigenvalue weighted by Gasteiger charge is 2.32. The summed E-state index contributed by atoms with van der Waals surface area (Å²) >= 11 is 5.91. The Hall–Kier alpha value is -2.29. The minimum absolute atomic E-state index is 0.00814. The molecule has 0 bridgehead atoms. The fraction of sp³-hybridized carbons (Fsp3) is 0.417. The first-order valence-corrected chi connectivity index (χ1v) is 13.3. The standard InChI is InChI=1S/C24H30N4O2S2/c1-4-13-26(22-12-14-32(29,30)16-22)17-27-24(31)28(21-11-10-18(2)19(3)15-21)23(25-27)20-8-6-5-7-9-20/h5-11,15,22H,4,12-14,16-17H2,1-3H3/t22-/m1/s1. The van der Waals surface area contributed by atoms with Crippen LogP contribution >= 0.6 is 12.2 Å². The first-order valence-electron chi connectivity index (χ1n) is 11.1. The van der Waals surface area contributed by atoms with E-state index in [9.17, 15) is 8.42 Å². The van der Waals surface area contributed by atoms with Crippen molar-refractivity contribution in [3.63, 3.8) is 0 Å². The Morgan fingerprint density at radius 1 is 1.12 bits per heavy atom. The molecular formula is C24H30N4O2S2. The maximum absolute atomic E-state index is 12.1. The van der Waals surface area contributed by atoms with Gasteiger partial charge in [-0.2, -0.15) is 0 Å². The first-order chi connectivity index (χ1) is 15.3. The van der Waals surface area contributed by atoms with Gasteiger partial charge in [0, 0.05) is 11.6 Å². The van der Waals surface area contributed by atoms with E-state index in [-0.39, 0.29) is 17.5 Å². The van der Waals surface area contributed by atoms with Crippen LogP contribution in [0.4, 0.5) is 0 Å². The van der Waals surface area contributed by atoms with Gasteiger partial charge >= 0.3 is 0 Å². The molecule has 1 atom stereocenters. The second-order valence-corrected chi connectivity index (χ2v) is 11.2. The van der Waals surface area contributed by atoms with Gasteiger partial charge in [-0.15, -0.1) is 5.10 Å². The third kappa shape index (κ3) is 4.72. The second kappa shape index (κ2) is 9.29. The molecule has 0 radical (unpaired) electrons. The largest absolute Gasteiger partial charge is 0.280 e. The van der Waals surface area contributed by atoms with Gasteiger partial charge in [-0.25, -0.2) is 13.1 Å². The third-order valence-electron chi connectivity index (χ3n) is 6.17. The molecular weight excluding hydrogens is 440 g/mol. The van der Waals surface area contributed by atoms with Crippen LogP contribution in [0.5, 0.6) is 0 Å². The predicted molar refractivity (Wildman–Crippen MR) is 131 cm³/mol. The molecule has 170 valence electrons. The quantitative estimate of drug-likeness (QED) is 0.474. The number of sulfone groups is 1. The van der Waals surface area contributed by atoms with E-state index in [4.69, 9.17) is 17.3 Å². The van der Waals surface area contributed by atoms with Crippen molar-refractivity contribution in [2.45, 2.75) is 46.3 Å². The van der Waals surface area contributed by atoms with E-state index >= 15 is 0 Å². The maximum atomic E-state index is 12.1. The fourth-order valence-corrected chi connectivity index (χ4v) is 6.31. The number of aromatic nitrogens is 3. The lowest BCUT2D eigenvalue weighted by Crippen LogP contribution is -2.38. The first kappa shape index (κ1) is 22.9. The molecule has 2 aromatic carbocycles. The molecule has 6 nitrogen and oxygen atoms in total. The van der Waals surface area contributed by atoms with Crippen LogP contribution in [0.25, 0.3) is 17.1 Å². The SMILES string of the molecule is CCCN(Cn1nc(-c2ccccc2)n(-c2ccc(C)c(C)c2)c1=S)[C@@H]1CCS(=O)(=O)C1. The van der Waals surface area contributed by atoms with Crippen molar-refractivity contribution in [2.75, 3.05) is 18.1 Å². The smallest absolute Gasteiger partial charge is 0.204 e. The molecule has 0 unspecified atom stereocenters. The summed E-state index contributed by atoms with van der Waals surface area (Å²) in [7, 11) is -2.96. The number of rotatable bonds is 7.